The van der Waals surface area contributed by atoms with Gasteiger partial charge < -0.3 is 10.0 Å². The zero-order valence-corrected chi connectivity index (χ0v) is 10.5. The topological polar surface area (TPSA) is 40.5 Å². The lowest BCUT2D eigenvalue weighted by atomic mass is 9.73. The first-order valence-electron chi connectivity index (χ1n) is 6.67. The molecule has 0 heterocycles. The van der Waals surface area contributed by atoms with Crippen molar-refractivity contribution in [2.45, 2.75) is 44.9 Å². The van der Waals surface area contributed by atoms with Crippen LogP contribution in [0.2, 0.25) is 0 Å². The Hall–Kier alpha value is -0.795. The minimum atomic E-state index is -1.34. The van der Waals surface area contributed by atoms with E-state index in [4.69, 9.17) is 0 Å². The van der Waals surface area contributed by atoms with Gasteiger partial charge in [0.25, 0.3) is 0 Å². The molecule has 0 saturated heterocycles. The highest BCUT2D eigenvalue weighted by Crippen LogP contribution is 2.39. The molecule has 0 radical (unpaired) electrons. The second kappa shape index (κ2) is 5.70. The molecular weight excluding hydrogens is 211 g/mol. The third-order valence-electron chi connectivity index (χ3n) is 3.95. The Labute approximate surface area is 104 Å². The zero-order chi connectivity index (χ0) is 12.3. The van der Waals surface area contributed by atoms with Crippen molar-refractivity contribution in [2.75, 3.05) is 0 Å². The monoisotopic (exact) mass is 232 g/mol. The predicted octanol–water partition coefficient (Wildman–Crippen LogP) is 2.05. The quantitative estimate of drug-likeness (QED) is 0.780. The summed E-state index contributed by atoms with van der Waals surface area (Å²) in [4.78, 5) is 0. The van der Waals surface area contributed by atoms with Crippen molar-refractivity contribution in [3.63, 3.8) is 0 Å². The van der Waals surface area contributed by atoms with E-state index in [-0.39, 0.29) is 0 Å². The summed E-state index contributed by atoms with van der Waals surface area (Å²) in [6.45, 7) is 2.23. The molecule has 0 amide bonds. The minimum absolute atomic E-state index is 0.518. The maximum atomic E-state index is 9.39. The van der Waals surface area contributed by atoms with E-state index >= 15 is 0 Å². The van der Waals surface area contributed by atoms with Crippen molar-refractivity contribution in [1.82, 2.24) is 0 Å². The number of hydrogen-bond donors (Lipinski definition) is 2. The van der Waals surface area contributed by atoms with Gasteiger partial charge in [0.1, 0.15) is 0 Å². The van der Waals surface area contributed by atoms with Crippen LogP contribution in [0, 0.1) is 5.92 Å². The van der Waals surface area contributed by atoms with Crippen LogP contribution in [0.15, 0.2) is 24.3 Å². The lowest BCUT2D eigenvalue weighted by Gasteiger charge is -2.15. The highest BCUT2D eigenvalue weighted by molar-refractivity contribution is 6.59. The van der Waals surface area contributed by atoms with Gasteiger partial charge in [-0.15, -0.1) is 0 Å². The maximum absolute atomic E-state index is 9.39. The largest absolute Gasteiger partial charge is 0.488 e. The molecule has 0 aliphatic heterocycles. The predicted molar refractivity (Wildman–Crippen MR) is 71.3 cm³/mol. The third kappa shape index (κ3) is 2.91. The molecule has 3 heteroatoms. The van der Waals surface area contributed by atoms with Crippen molar-refractivity contribution in [2.24, 2.45) is 5.92 Å². The van der Waals surface area contributed by atoms with E-state index in [2.05, 4.69) is 6.92 Å². The van der Waals surface area contributed by atoms with Crippen LogP contribution in [0.5, 0.6) is 0 Å². The lowest BCUT2D eigenvalue weighted by Crippen LogP contribution is -2.33. The van der Waals surface area contributed by atoms with E-state index in [1.54, 1.807) is 0 Å². The molecule has 2 unspecified atom stereocenters. The van der Waals surface area contributed by atoms with Crippen LogP contribution in [-0.2, 0) is 0 Å². The second-order valence-corrected chi connectivity index (χ2v) is 5.17. The van der Waals surface area contributed by atoms with Crippen LogP contribution in [0.4, 0.5) is 0 Å². The van der Waals surface area contributed by atoms with Gasteiger partial charge in [0, 0.05) is 0 Å². The van der Waals surface area contributed by atoms with Gasteiger partial charge in [-0.1, -0.05) is 44.0 Å². The van der Waals surface area contributed by atoms with Gasteiger partial charge >= 0.3 is 7.12 Å². The standard InChI is InChI=1S/C14H21BO2/c1-2-5-11-8-9-12(10-11)13-6-3-4-7-14(13)15(16)17/h3-4,6-7,11-12,16-17H,2,5,8-10H2,1H3. The molecule has 1 aromatic carbocycles. The SMILES string of the molecule is CCCC1CCC(c2ccccc2B(O)O)C1. The zero-order valence-electron chi connectivity index (χ0n) is 10.5. The molecule has 17 heavy (non-hydrogen) atoms. The number of benzene rings is 1. The summed E-state index contributed by atoms with van der Waals surface area (Å²) in [5.74, 6) is 1.35. The number of hydrogen-bond acceptors (Lipinski definition) is 2. The van der Waals surface area contributed by atoms with Gasteiger partial charge in [0.2, 0.25) is 0 Å². The average molecular weight is 232 g/mol. The second-order valence-electron chi connectivity index (χ2n) is 5.17. The molecule has 0 spiro atoms. The maximum Gasteiger partial charge on any atom is 0.488 e. The van der Waals surface area contributed by atoms with Crippen molar-refractivity contribution in [3.8, 4) is 0 Å². The molecule has 0 aromatic heterocycles. The van der Waals surface area contributed by atoms with Gasteiger partial charge in [-0.25, -0.2) is 0 Å². The molecule has 92 valence electrons. The molecule has 1 saturated carbocycles. The first-order valence-corrected chi connectivity index (χ1v) is 6.67. The van der Waals surface area contributed by atoms with Crippen molar-refractivity contribution < 1.29 is 10.0 Å². The molecular formula is C14H21BO2. The van der Waals surface area contributed by atoms with E-state index in [0.717, 1.165) is 11.5 Å². The Morgan fingerprint density at radius 3 is 2.71 bits per heavy atom. The first kappa shape index (κ1) is 12.7. The summed E-state index contributed by atoms with van der Waals surface area (Å²) in [6, 6.07) is 7.74. The van der Waals surface area contributed by atoms with Crippen LogP contribution in [0.25, 0.3) is 0 Å². The fraction of sp³-hybridized carbons (Fsp3) is 0.571. The van der Waals surface area contributed by atoms with Gasteiger partial charge in [-0.2, -0.15) is 0 Å². The van der Waals surface area contributed by atoms with Crippen LogP contribution in [-0.4, -0.2) is 17.2 Å². The Bertz CT molecular complexity index is 365. The van der Waals surface area contributed by atoms with Gasteiger partial charge in [0.15, 0.2) is 0 Å². The Kier molecular flexibility index (Phi) is 4.24. The summed E-state index contributed by atoms with van der Waals surface area (Å²) in [6.07, 6.45) is 6.24. The Balaban J connectivity index is 2.13. The smallest absolute Gasteiger partial charge is 0.423 e. The summed E-state index contributed by atoms with van der Waals surface area (Å²) in [7, 11) is -1.34. The van der Waals surface area contributed by atoms with E-state index in [1.807, 2.05) is 24.3 Å². The van der Waals surface area contributed by atoms with Gasteiger partial charge in [-0.3, -0.25) is 0 Å². The summed E-state index contributed by atoms with van der Waals surface area (Å²) in [5.41, 5.74) is 1.83. The van der Waals surface area contributed by atoms with Crippen LogP contribution in [0.3, 0.4) is 0 Å². The van der Waals surface area contributed by atoms with Gasteiger partial charge in [0.05, 0.1) is 0 Å². The molecule has 2 nitrogen and oxygen atoms in total. The summed E-state index contributed by atoms with van der Waals surface area (Å²) >= 11 is 0. The Morgan fingerprint density at radius 2 is 2.00 bits per heavy atom. The fourth-order valence-electron chi connectivity index (χ4n) is 3.15. The van der Waals surface area contributed by atoms with Crippen molar-refractivity contribution in [1.29, 1.82) is 0 Å². The van der Waals surface area contributed by atoms with E-state index < -0.39 is 7.12 Å². The van der Waals surface area contributed by atoms with Crippen LogP contribution < -0.4 is 5.46 Å². The molecule has 2 N–H and O–H groups in total. The van der Waals surface area contributed by atoms with E-state index in [0.29, 0.717) is 11.4 Å². The Morgan fingerprint density at radius 1 is 1.24 bits per heavy atom. The van der Waals surface area contributed by atoms with Crippen molar-refractivity contribution >= 4 is 12.6 Å². The fourth-order valence-corrected chi connectivity index (χ4v) is 3.15. The highest BCUT2D eigenvalue weighted by Gasteiger charge is 2.28. The van der Waals surface area contributed by atoms with E-state index in [9.17, 15) is 10.0 Å². The van der Waals surface area contributed by atoms with Crippen molar-refractivity contribution in [3.05, 3.63) is 29.8 Å². The highest BCUT2D eigenvalue weighted by atomic mass is 16.4. The molecule has 1 aromatic rings. The average Bonchev–Trinajstić information content (AvgIpc) is 2.78. The molecule has 0 bridgehead atoms. The number of rotatable bonds is 4. The first-order chi connectivity index (χ1) is 8.22. The minimum Gasteiger partial charge on any atom is -0.423 e. The van der Waals surface area contributed by atoms with E-state index in [1.165, 1.54) is 32.1 Å². The molecule has 1 aliphatic rings. The summed E-state index contributed by atoms with van der Waals surface area (Å²) < 4.78 is 0. The lowest BCUT2D eigenvalue weighted by molar-refractivity contribution is 0.424. The molecule has 1 fully saturated rings. The molecule has 1 aliphatic carbocycles. The third-order valence-corrected chi connectivity index (χ3v) is 3.95. The van der Waals surface area contributed by atoms with Crippen LogP contribution in [0.1, 0.15) is 50.5 Å². The normalized spacial score (nSPS) is 23.9. The van der Waals surface area contributed by atoms with Gasteiger partial charge in [-0.05, 0) is 42.1 Å². The molecule has 2 atom stereocenters. The van der Waals surface area contributed by atoms with Crippen LogP contribution >= 0.6 is 0 Å². The summed E-state index contributed by atoms with van der Waals surface area (Å²) in [5, 5.41) is 18.8. The molecule has 2 rings (SSSR count).